The van der Waals surface area contributed by atoms with Crippen molar-refractivity contribution in [2.75, 3.05) is 0 Å². The lowest BCUT2D eigenvalue weighted by Gasteiger charge is -2.24. The van der Waals surface area contributed by atoms with Crippen LogP contribution in [-0.2, 0) is 0 Å². The van der Waals surface area contributed by atoms with Crippen molar-refractivity contribution in [3.8, 4) is 0 Å². The second-order valence-corrected chi connectivity index (χ2v) is 5.71. The third-order valence-electron chi connectivity index (χ3n) is 3.86. The SMILES string of the molecule is Cc1cc(C)c(C(C)N[C@@H](C)c2cccnc2)c(C)c1. The van der Waals surface area contributed by atoms with Crippen molar-refractivity contribution in [1.29, 1.82) is 0 Å². The molecular formula is C18H24N2. The van der Waals surface area contributed by atoms with Crippen molar-refractivity contribution < 1.29 is 0 Å². The number of nitrogens with zero attached hydrogens (tertiary/aromatic N) is 1. The van der Waals surface area contributed by atoms with E-state index >= 15 is 0 Å². The van der Waals surface area contributed by atoms with Crippen molar-refractivity contribution in [2.45, 2.75) is 46.7 Å². The summed E-state index contributed by atoms with van der Waals surface area (Å²) in [4.78, 5) is 4.19. The van der Waals surface area contributed by atoms with Crippen molar-refractivity contribution in [3.63, 3.8) is 0 Å². The zero-order chi connectivity index (χ0) is 14.7. The summed E-state index contributed by atoms with van der Waals surface area (Å²) in [5.41, 5.74) is 6.69. The van der Waals surface area contributed by atoms with Gasteiger partial charge in [-0.25, -0.2) is 0 Å². The van der Waals surface area contributed by atoms with Gasteiger partial charge < -0.3 is 5.32 Å². The molecule has 0 spiro atoms. The molecule has 0 saturated heterocycles. The summed E-state index contributed by atoms with van der Waals surface area (Å²) in [7, 11) is 0. The Labute approximate surface area is 122 Å². The minimum atomic E-state index is 0.291. The minimum absolute atomic E-state index is 0.291. The predicted molar refractivity (Wildman–Crippen MR) is 84.9 cm³/mol. The van der Waals surface area contributed by atoms with Crippen LogP contribution in [-0.4, -0.2) is 4.98 Å². The highest BCUT2D eigenvalue weighted by atomic mass is 14.9. The van der Waals surface area contributed by atoms with Crippen LogP contribution in [0.25, 0.3) is 0 Å². The topological polar surface area (TPSA) is 24.9 Å². The molecule has 20 heavy (non-hydrogen) atoms. The van der Waals surface area contributed by atoms with Crippen LogP contribution in [0.4, 0.5) is 0 Å². The van der Waals surface area contributed by atoms with Gasteiger partial charge >= 0.3 is 0 Å². The Morgan fingerprint density at radius 1 is 1.00 bits per heavy atom. The molecule has 0 saturated carbocycles. The highest BCUT2D eigenvalue weighted by molar-refractivity contribution is 5.39. The van der Waals surface area contributed by atoms with Crippen molar-refractivity contribution >= 4 is 0 Å². The third-order valence-corrected chi connectivity index (χ3v) is 3.86. The Bertz CT molecular complexity index is 552. The molecule has 2 atom stereocenters. The predicted octanol–water partition coefficient (Wildman–Crippen LogP) is 4.42. The number of aryl methyl sites for hydroxylation is 3. The van der Waals surface area contributed by atoms with E-state index in [1.807, 2.05) is 18.5 Å². The van der Waals surface area contributed by atoms with Crippen LogP contribution in [0.3, 0.4) is 0 Å². The van der Waals surface area contributed by atoms with Crippen molar-refractivity contribution in [1.82, 2.24) is 10.3 Å². The van der Waals surface area contributed by atoms with Crippen LogP contribution in [0.5, 0.6) is 0 Å². The Kier molecular flexibility index (Phi) is 4.56. The van der Waals surface area contributed by atoms with Gasteiger partial charge in [-0.1, -0.05) is 23.8 Å². The fourth-order valence-corrected chi connectivity index (χ4v) is 3.06. The van der Waals surface area contributed by atoms with Crippen LogP contribution in [0.2, 0.25) is 0 Å². The maximum atomic E-state index is 4.19. The second kappa shape index (κ2) is 6.19. The minimum Gasteiger partial charge on any atom is -0.304 e. The van der Waals surface area contributed by atoms with Gasteiger partial charge in [0.2, 0.25) is 0 Å². The van der Waals surface area contributed by atoms with E-state index < -0.39 is 0 Å². The van der Waals surface area contributed by atoms with Gasteiger partial charge in [-0.15, -0.1) is 0 Å². The number of aromatic nitrogens is 1. The average Bonchev–Trinajstić information content (AvgIpc) is 2.38. The van der Waals surface area contributed by atoms with Gasteiger partial charge in [0.15, 0.2) is 0 Å². The molecule has 106 valence electrons. The van der Waals surface area contributed by atoms with E-state index in [1.54, 1.807) is 0 Å². The van der Waals surface area contributed by atoms with Gasteiger partial charge in [0.25, 0.3) is 0 Å². The molecule has 1 aromatic carbocycles. The highest BCUT2D eigenvalue weighted by Crippen LogP contribution is 2.25. The molecule has 0 aliphatic carbocycles. The number of rotatable bonds is 4. The molecule has 1 unspecified atom stereocenters. The first-order valence-electron chi connectivity index (χ1n) is 7.22. The normalized spacial score (nSPS) is 14.1. The Morgan fingerprint density at radius 2 is 1.65 bits per heavy atom. The molecule has 0 radical (unpaired) electrons. The fraction of sp³-hybridized carbons (Fsp3) is 0.389. The zero-order valence-corrected chi connectivity index (χ0v) is 13.1. The smallest absolute Gasteiger partial charge is 0.0315 e. The lowest BCUT2D eigenvalue weighted by atomic mass is 9.94. The average molecular weight is 268 g/mol. The van der Waals surface area contributed by atoms with Crippen molar-refractivity contribution in [3.05, 3.63) is 64.5 Å². The first-order chi connectivity index (χ1) is 9.49. The Balaban J connectivity index is 2.19. The molecule has 1 N–H and O–H groups in total. The molecule has 2 nitrogen and oxygen atoms in total. The number of hydrogen-bond donors (Lipinski definition) is 1. The summed E-state index contributed by atoms with van der Waals surface area (Å²) in [5, 5.41) is 3.67. The molecule has 2 rings (SSSR count). The fourth-order valence-electron chi connectivity index (χ4n) is 3.06. The van der Waals surface area contributed by atoms with E-state index in [0.29, 0.717) is 12.1 Å². The quantitative estimate of drug-likeness (QED) is 0.888. The molecule has 0 fully saturated rings. The van der Waals surface area contributed by atoms with Crippen LogP contribution in [0.1, 0.15) is 53.7 Å². The number of nitrogens with one attached hydrogen (secondary N) is 1. The maximum absolute atomic E-state index is 4.19. The number of pyridine rings is 1. The van der Waals surface area contributed by atoms with E-state index in [-0.39, 0.29) is 0 Å². The molecule has 0 aliphatic heterocycles. The van der Waals surface area contributed by atoms with E-state index in [1.165, 1.54) is 27.8 Å². The van der Waals surface area contributed by atoms with Gasteiger partial charge in [-0.3, -0.25) is 4.98 Å². The summed E-state index contributed by atoms with van der Waals surface area (Å²) in [6.45, 7) is 11.0. The van der Waals surface area contributed by atoms with Crippen LogP contribution >= 0.6 is 0 Å². The summed E-state index contributed by atoms with van der Waals surface area (Å²) in [5.74, 6) is 0. The van der Waals surface area contributed by atoms with Crippen LogP contribution in [0, 0.1) is 20.8 Å². The van der Waals surface area contributed by atoms with E-state index in [2.05, 4.69) is 63.1 Å². The molecule has 1 heterocycles. The lowest BCUT2D eigenvalue weighted by Crippen LogP contribution is -2.24. The first kappa shape index (κ1) is 14.7. The van der Waals surface area contributed by atoms with Gasteiger partial charge in [0.05, 0.1) is 0 Å². The standard InChI is InChI=1S/C18H24N2/c1-12-9-13(2)18(14(3)10-12)16(5)20-15(4)17-7-6-8-19-11-17/h6-11,15-16,20H,1-5H3/t15-,16?/m0/s1. The van der Waals surface area contributed by atoms with Gasteiger partial charge in [0.1, 0.15) is 0 Å². The summed E-state index contributed by atoms with van der Waals surface area (Å²) in [6, 6.07) is 9.24. The molecular weight excluding hydrogens is 244 g/mol. The molecule has 1 aromatic heterocycles. The zero-order valence-electron chi connectivity index (χ0n) is 13.1. The number of hydrogen-bond acceptors (Lipinski definition) is 2. The molecule has 2 heteroatoms. The molecule has 2 aromatic rings. The van der Waals surface area contributed by atoms with Crippen LogP contribution in [0.15, 0.2) is 36.7 Å². The Morgan fingerprint density at radius 3 is 2.20 bits per heavy atom. The van der Waals surface area contributed by atoms with E-state index in [0.717, 1.165) is 0 Å². The van der Waals surface area contributed by atoms with Gasteiger partial charge in [0, 0.05) is 24.5 Å². The lowest BCUT2D eigenvalue weighted by molar-refractivity contribution is 0.490. The highest BCUT2D eigenvalue weighted by Gasteiger charge is 2.15. The summed E-state index contributed by atoms with van der Waals surface area (Å²) >= 11 is 0. The second-order valence-electron chi connectivity index (χ2n) is 5.71. The van der Waals surface area contributed by atoms with Crippen LogP contribution < -0.4 is 5.32 Å². The summed E-state index contributed by atoms with van der Waals surface area (Å²) in [6.07, 6.45) is 3.74. The molecule has 0 bridgehead atoms. The third kappa shape index (κ3) is 3.26. The van der Waals surface area contributed by atoms with E-state index in [9.17, 15) is 0 Å². The number of benzene rings is 1. The Hall–Kier alpha value is -1.67. The largest absolute Gasteiger partial charge is 0.304 e. The van der Waals surface area contributed by atoms with E-state index in [4.69, 9.17) is 0 Å². The monoisotopic (exact) mass is 268 g/mol. The van der Waals surface area contributed by atoms with Gasteiger partial charge in [-0.05, 0) is 62.9 Å². The first-order valence-corrected chi connectivity index (χ1v) is 7.22. The van der Waals surface area contributed by atoms with Gasteiger partial charge in [-0.2, -0.15) is 0 Å². The van der Waals surface area contributed by atoms with Crippen molar-refractivity contribution in [2.24, 2.45) is 0 Å². The maximum Gasteiger partial charge on any atom is 0.0315 e. The molecule has 0 amide bonds. The molecule has 0 aliphatic rings. The summed E-state index contributed by atoms with van der Waals surface area (Å²) < 4.78 is 0.